The summed E-state index contributed by atoms with van der Waals surface area (Å²) in [6.45, 7) is 3.51. The number of carboxylic acid groups (broad SMARTS) is 1. The van der Waals surface area contributed by atoms with Gasteiger partial charge in [-0.15, -0.1) is 5.10 Å². The summed E-state index contributed by atoms with van der Waals surface area (Å²) in [5.41, 5.74) is -0.260. The molecule has 0 spiro atoms. The topological polar surface area (TPSA) is 107 Å². The van der Waals surface area contributed by atoms with Crippen molar-refractivity contribution in [1.29, 1.82) is 0 Å². The second-order valence-electron chi connectivity index (χ2n) is 3.65. The molecule has 0 radical (unpaired) electrons. The second kappa shape index (κ2) is 5.28. The molecule has 0 aromatic carbocycles. The molecular formula is C9H13N3O5. The highest BCUT2D eigenvalue weighted by molar-refractivity contribution is 5.66. The molecule has 8 nitrogen and oxygen atoms in total. The van der Waals surface area contributed by atoms with Crippen LogP contribution in [-0.2, 0) is 11.3 Å². The number of carboxylic acids is 1. The SMILES string of the molecule is CC(C)Oc1nn(CCC(=O)O)cc1[N+](=O)[O-]. The molecule has 0 fully saturated rings. The van der Waals surface area contributed by atoms with Crippen LogP contribution in [0, 0.1) is 10.1 Å². The number of aryl methyl sites for hydroxylation is 1. The molecule has 0 atom stereocenters. The van der Waals surface area contributed by atoms with Crippen molar-refractivity contribution in [3.05, 3.63) is 16.3 Å². The third-order valence-corrected chi connectivity index (χ3v) is 1.81. The van der Waals surface area contributed by atoms with Crippen molar-refractivity contribution >= 4 is 11.7 Å². The Morgan fingerprint density at radius 2 is 2.35 bits per heavy atom. The highest BCUT2D eigenvalue weighted by Crippen LogP contribution is 2.25. The molecule has 0 aliphatic rings. The molecule has 8 heteroatoms. The van der Waals surface area contributed by atoms with Gasteiger partial charge >= 0.3 is 17.5 Å². The molecule has 1 heterocycles. The summed E-state index contributed by atoms with van der Waals surface area (Å²) in [4.78, 5) is 20.5. The third-order valence-electron chi connectivity index (χ3n) is 1.81. The summed E-state index contributed by atoms with van der Waals surface area (Å²) >= 11 is 0. The number of aliphatic carboxylic acids is 1. The summed E-state index contributed by atoms with van der Waals surface area (Å²) in [5.74, 6) is -1.08. The van der Waals surface area contributed by atoms with Crippen LogP contribution in [0.3, 0.4) is 0 Å². The van der Waals surface area contributed by atoms with Gasteiger partial charge in [0.1, 0.15) is 6.20 Å². The predicted octanol–water partition coefficient (Wildman–Crippen LogP) is 1.05. The molecule has 0 unspecified atom stereocenters. The molecular weight excluding hydrogens is 230 g/mol. The number of nitro groups is 1. The van der Waals surface area contributed by atoms with Gasteiger partial charge in [0.15, 0.2) is 0 Å². The first-order valence-corrected chi connectivity index (χ1v) is 5.00. The van der Waals surface area contributed by atoms with Gasteiger partial charge in [-0.25, -0.2) is 0 Å². The van der Waals surface area contributed by atoms with Gasteiger partial charge in [-0.2, -0.15) is 0 Å². The smallest absolute Gasteiger partial charge is 0.350 e. The molecule has 1 rings (SSSR count). The zero-order valence-corrected chi connectivity index (χ0v) is 9.49. The molecule has 0 bridgehead atoms. The average molecular weight is 243 g/mol. The van der Waals surface area contributed by atoms with Gasteiger partial charge in [0.05, 0.1) is 24.0 Å². The van der Waals surface area contributed by atoms with E-state index in [0.717, 1.165) is 0 Å². The van der Waals surface area contributed by atoms with Crippen LogP contribution in [0.4, 0.5) is 5.69 Å². The Balaban J connectivity index is 2.87. The lowest BCUT2D eigenvalue weighted by Gasteiger charge is -2.04. The van der Waals surface area contributed by atoms with E-state index in [2.05, 4.69) is 5.10 Å². The van der Waals surface area contributed by atoms with Crippen molar-refractivity contribution in [1.82, 2.24) is 9.78 Å². The lowest BCUT2D eigenvalue weighted by atomic mass is 10.4. The number of carbonyl (C=O) groups is 1. The Labute approximate surface area is 97.0 Å². The number of nitrogens with zero attached hydrogens (tertiary/aromatic N) is 3. The van der Waals surface area contributed by atoms with E-state index in [-0.39, 0.29) is 30.6 Å². The van der Waals surface area contributed by atoms with Gasteiger partial charge < -0.3 is 9.84 Å². The zero-order chi connectivity index (χ0) is 13.0. The van der Waals surface area contributed by atoms with Crippen molar-refractivity contribution in [2.24, 2.45) is 0 Å². The van der Waals surface area contributed by atoms with Crippen molar-refractivity contribution in [2.45, 2.75) is 32.9 Å². The number of ether oxygens (including phenoxy) is 1. The summed E-state index contributed by atoms with van der Waals surface area (Å²) in [6, 6.07) is 0. The van der Waals surface area contributed by atoms with Crippen LogP contribution in [0.1, 0.15) is 20.3 Å². The van der Waals surface area contributed by atoms with E-state index in [0.29, 0.717) is 0 Å². The van der Waals surface area contributed by atoms with E-state index >= 15 is 0 Å². The molecule has 1 aromatic rings. The van der Waals surface area contributed by atoms with Crippen LogP contribution >= 0.6 is 0 Å². The highest BCUT2D eigenvalue weighted by atomic mass is 16.6. The fraction of sp³-hybridized carbons (Fsp3) is 0.556. The normalized spacial score (nSPS) is 10.5. The lowest BCUT2D eigenvalue weighted by molar-refractivity contribution is -0.386. The molecule has 0 aliphatic carbocycles. The van der Waals surface area contributed by atoms with Gasteiger partial charge in [-0.1, -0.05) is 0 Å². The largest absolute Gasteiger partial charge is 0.481 e. The Morgan fingerprint density at radius 1 is 1.71 bits per heavy atom. The summed E-state index contributed by atoms with van der Waals surface area (Å²) in [5, 5.41) is 23.0. The highest BCUT2D eigenvalue weighted by Gasteiger charge is 2.22. The molecule has 0 saturated carbocycles. The molecule has 94 valence electrons. The van der Waals surface area contributed by atoms with Gasteiger partial charge in [-0.3, -0.25) is 19.6 Å². The lowest BCUT2D eigenvalue weighted by Crippen LogP contribution is -2.08. The van der Waals surface area contributed by atoms with Gasteiger partial charge in [0, 0.05) is 0 Å². The standard InChI is InChI=1S/C9H13N3O5/c1-6(2)17-9-7(12(15)16)5-11(10-9)4-3-8(13)14/h5-6H,3-4H2,1-2H3,(H,13,14). The van der Waals surface area contributed by atoms with E-state index in [1.807, 2.05) is 0 Å². The number of rotatable bonds is 6. The number of aromatic nitrogens is 2. The maximum atomic E-state index is 10.7. The van der Waals surface area contributed by atoms with Crippen molar-refractivity contribution < 1.29 is 19.6 Å². The van der Waals surface area contributed by atoms with E-state index < -0.39 is 10.9 Å². The molecule has 17 heavy (non-hydrogen) atoms. The van der Waals surface area contributed by atoms with Crippen LogP contribution < -0.4 is 4.74 Å². The van der Waals surface area contributed by atoms with E-state index in [4.69, 9.17) is 9.84 Å². The van der Waals surface area contributed by atoms with Crippen molar-refractivity contribution in [3.8, 4) is 5.88 Å². The summed E-state index contributed by atoms with van der Waals surface area (Å²) < 4.78 is 6.37. The van der Waals surface area contributed by atoms with E-state index in [9.17, 15) is 14.9 Å². The Kier molecular flexibility index (Phi) is 4.02. The molecule has 0 aliphatic heterocycles. The van der Waals surface area contributed by atoms with E-state index in [1.165, 1.54) is 10.9 Å². The van der Waals surface area contributed by atoms with Crippen molar-refractivity contribution in [3.63, 3.8) is 0 Å². The first kappa shape index (κ1) is 12.9. The average Bonchev–Trinajstić information content (AvgIpc) is 2.57. The van der Waals surface area contributed by atoms with Gasteiger partial charge in [0.25, 0.3) is 0 Å². The van der Waals surface area contributed by atoms with E-state index in [1.54, 1.807) is 13.8 Å². The maximum absolute atomic E-state index is 10.7. The molecule has 1 aromatic heterocycles. The van der Waals surface area contributed by atoms with Gasteiger partial charge in [-0.05, 0) is 13.8 Å². The summed E-state index contributed by atoms with van der Waals surface area (Å²) in [6.07, 6.45) is 0.775. The second-order valence-corrected chi connectivity index (χ2v) is 3.65. The Bertz CT molecular complexity index is 426. The minimum atomic E-state index is -0.991. The van der Waals surface area contributed by atoms with Crippen LogP contribution in [0.5, 0.6) is 5.88 Å². The van der Waals surface area contributed by atoms with Crippen LogP contribution in [0.25, 0.3) is 0 Å². The first-order valence-electron chi connectivity index (χ1n) is 5.00. The zero-order valence-electron chi connectivity index (χ0n) is 9.49. The van der Waals surface area contributed by atoms with Crippen LogP contribution in [-0.4, -0.2) is 31.9 Å². The molecule has 0 saturated heterocycles. The third kappa shape index (κ3) is 3.74. The molecule has 1 N–H and O–H groups in total. The Hall–Kier alpha value is -2.12. The van der Waals surface area contributed by atoms with Crippen LogP contribution in [0.2, 0.25) is 0 Å². The quantitative estimate of drug-likeness (QED) is 0.591. The van der Waals surface area contributed by atoms with Gasteiger partial charge in [0.2, 0.25) is 0 Å². The minimum Gasteiger partial charge on any atom is -0.481 e. The fourth-order valence-electron chi connectivity index (χ4n) is 1.15. The molecule has 0 amide bonds. The number of hydrogen-bond donors (Lipinski definition) is 1. The first-order chi connectivity index (χ1) is 7.90. The fourth-order valence-corrected chi connectivity index (χ4v) is 1.15. The Morgan fingerprint density at radius 3 is 2.82 bits per heavy atom. The monoisotopic (exact) mass is 243 g/mol. The maximum Gasteiger partial charge on any atom is 0.350 e. The number of hydrogen-bond acceptors (Lipinski definition) is 5. The predicted molar refractivity (Wildman–Crippen MR) is 56.9 cm³/mol. The van der Waals surface area contributed by atoms with Crippen molar-refractivity contribution in [2.75, 3.05) is 0 Å². The van der Waals surface area contributed by atoms with Crippen LogP contribution in [0.15, 0.2) is 6.20 Å². The summed E-state index contributed by atoms with van der Waals surface area (Å²) in [7, 11) is 0. The minimum absolute atomic E-state index is 0.0671.